The summed E-state index contributed by atoms with van der Waals surface area (Å²) < 4.78 is 0. The number of benzene rings is 2. The van der Waals surface area contributed by atoms with Gasteiger partial charge in [0.1, 0.15) is 0 Å². The summed E-state index contributed by atoms with van der Waals surface area (Å²) in [5.41, 5.74) is 5.15. The zero-order chi connectivity index (χ0) is 16.4. The van der Waals surface area contributed by atoms with Crippen LogP contribution in [-0.4, -0.2) is 0 Å². The third kappa shape index (κ3) is 3.58. The summed E-state index contributed by atoms with van der Waals surface area (Å²) >= 11 is 0. The Morgan fingerprint density at radius 3 is 2.17 bits per heavy atom. The van der Waals surface area contributed by atoms with Gasteiger partial charge in [-0.3, -0.25) is 0 Å². The van der Waals surface area contributed by atoms with Crippen LogP contribution in [0.15, 0.2) is 54.9 Å². The number of hydrogen-bond donors (Lipinski definition) is 0. The molecule has 0 fully saturated rings. The van der Waals surface area contributed by atoms with E-state index in [1.807, 2.05) is 18.3 Å². The van der Waals surface area contributed by atoms with Gasteiger partial charge in [-0.15, -0.1) is 0 Å². The zero-order valence-corrected chi connectivity index (χ0v) is 17.1. The smallest absolute Gasteiger partial charge is 0.0466 e. The molecule has 129 valence electrons. The average molecular weight is 497 g/mol. The zero-order valence-electron chi connectivity index (χ0n) is 14.7. The minimum Gasteiger partial charge on any atom is -0.668 e. The fourth-order valence-electron chi connectivity index (χ4n) is 3.15. The van der Waals surface area contributed by atoms with E-state index in [1.54, 1.807) is 0 Å². The van der Waals surface area contributed by atoms with Crippen LogP contribution in [-0.2, 0) is 20.1 Å². The molecule has 0 bridgehead atoms. The van der Waals surface area contributed by atoms with Crippen molar-refractivity contribution in [3.8, 4) is 0 Å². The first-order chi connectivity index (χ1) is 11.1. The van der Waals surface area contributed by atoms with Crippen molar-refractivity contribution >= 4 is 5.69 Å². The Labute approximate surface area is 159 Å². The summed E-state index contributed by atoms with van der Waals surface area (Å²) in [7, 11) is 0. The van der Waals surface area contributed by atoms with Crippen LogP contribution in [0.2, 0.25) is 0 Å². The maximum absolute atomic E-state index is 4.68. The quantitative estimate of drug-likeness (QED) is 0.468. The topological polar surface area (TPSA) is 17.3 Å². The molecule has 0 spiro atoms. The van der Waals surface area contributed by atoms with Crippen LogP contribution < -0.4 is 4.90 Å². The average Bonchev–Trinajstić information content (AvgIpc) is 3.04. The molecule has 3 rings (SSSR count). The molecular formula is C21H24IrN2-2. The molecule has 3 heteroatoms. The molecule has 1 aliphatic rings. The van der Waals surface area contributed by atoms with E-state index in [0.29, 0.717) is 11.8 Å². The maximum atomic E-state index is 4.68. The van der Waals surface area contributed by atoms with Crippen LogP contribution in [0, 0.1) is 6.07 Å². The van der Waals surface area contributed by atoms with Gasteiger partial charge in [0.2, 0.25) is 0 Å². The normalized spacial score (nSPS) is 16.4. The van der Waals surface area contributed by atoms with Crippen LogP contribution >= 0.6 is 0 Å². The van der Waals surface area contributed by atoms with Gasteiger partial charge in [-0.05, 0) is 35.3 Å². The van der Waals surface area contributed by atoms with Gasteiger partial charge in [0.25, 0.3) is 0 Å². The van der Waals surface area contributed by atoms with E-state index in [0.717, 1.165) is 5.56 Å². The molecule has 2 aromatic rings. The molecule has 24 heavy (non-hydrogen) atoms. The van der Waals surface area contributed by atoms with E-state index in [-0.39, 0.29) is 26.3 Å². The monoisotopic (exact) mass is 497 g/mol. The Morgan fingerprint density at radius 1 is 0.958 bits per heavy atom. The van der Waals surface area contributed by atoms with Gasteiger partial charge in [0.05, 0.1) is 0 Å². The third-order valence-corrected chi connectivity index (χ3v) is 4.33. The molecule has 0 amide bonds. The molecule has 2 aromatic carbocycles. The van der Waals surface area contributed by atoms with Crippen LogP contribution in [0.3, 0.4) is 0 Å². The minimum atomic E-state index is -0.0198. The number of para-hydroxylation sites is 1. The van der Waals surface area contributed by atoms with E-state index in [1.165, 1.54) is 16.8 Å². The van der Waals surface area contributed by atoms with Gasteiger partial charge >= 0.3 is 0 Å². The van der Waals surface area contributed by atoms with Crippen LogP contribution in [0.25, 0.3) is 5.32 Å². The van der Waals surface area contributed by atoms with Gasteiger partial charge < -0.3 is 10.2 Å². The van der Waals surface area contributed by atoms with Gasteiger partial charge in [-0.25, -0.2) is 0 Å². The van der Waals surface area contributed by atoms with Crippen molar-refractivity contribution in [2.45, 2.75) is 45.7 Å². The van der Waals surface area contributed by atoms with Gasteiger partial charge in [0, 0.05) is 25.8 Å². The summed E-state index contributed by atoms with van der Waals surface area (Å²) in [5.74, 6) is 0.941. The van der Waals surface area contributed by atoms with Gasteiger partial charge in [-0.1, -0.05) is 45.9 Å². The number of hydrogen-bond acceptors (Lipinski definition) is 1. The second kappa shape index (κ2) is 8.00. The molecule has 1 aliphatic heterocycles. The maximum Gasteiger partial charge on any atom is 0.0466 e. The molecule has 1 radical (unpaired) electrons. The summed E-state index contributed by atoms with van der Waals surface area (Å²) in [6.07, 6.45) is 3.99. The number of rotatable bonds is 4. The van der Waals surface area contributed by atoms with Crippen molar-refractivity contribution in [2.24, 2.45) is 0 Å². The first-order valence-electron chi connectivity index (χ1n) is 8.34. The first-order valence-corrected chi connectivity index (χ1v) is 8.34. The van der Waals surface area contributed by atoms with Crippen molar-refractivity contribution in [1.82, 2.24) is 0 Å². The molecule has 0 aliphatic carbocycles. The molecule has 2 nitrogen and oxygen atoms in total. The molecule has 1 atom stereocenters. The van der Waals surface area contributed by atoms with E-state index in [2.05, 4.69) is 80.5 Å². The Hall–Kier alpha value is -1.57. The van der Waals surface area contributed by atoms with Crippen molar-refractivity contribution in [3.05, 3.63) is 82.9 Å². The summed E-state index contributed by atoms with van der Waals surface area (Å²) in [6, 6.07) is 18.1. The van der Waals surface area contributed by atoms with Crippen LogP contribution in [0.5, 0.6) is 0 Å². The number of anilines is 1. The van der Waals surface area contributed by atoms with Crippen LogP contribution in [0.4, 0.5) is 5.69 Å². The SMILES string of the molecule is CC(C)c1cccc(C(C)C)c1N1C=C[N-]C1c1[c-]cccc1.[Ir]. The predicted molar refractivity (Wildman–Crippen MR) is 97.6 cm³/mol. The molecule has 1 unspecified atom stereocenters. The fraction of sp³-hybridized carbons (Fsp3) is 0.333. The van der Waals surface area contributed by atoms with Crippen molar-refractivity contribution in [1.29, 1.82) is 0 Å². The van der Waals surface area contributed by atoms with E-state index >= 15 is 0 Å². The molecule has 0 saturated heterocycles. The largest absolute Gasteiger partial charge is 0.668 e. The fourth-order valence-corrected chi connectivity index (χ4v) is 3.15. The molecule has 0 saturated carbocycles. The van der Waals surface area contributed by atoms with E-state index in [9.17, 15) is 0 Å². The Bertz CT molecular complexity index is 666. The summed E-state index contributed by atoms with van der Waals surface area (Å²) in [6.45, 7) is 9.01. The molecule has 0 aromatic heterocycles. The van der Waals surface area contributed by atoms with Gasteiger partial charge in [0.15, 0.2) is 0 Å². The Balaban J connectivity index is 0.00000208. The summed E-state index contributed by atoms with van der Waals surface area (Å²) in [4.78, 5) is 2.30. The van der Waals surface area contributed by atoms with E-state index < -0.39 is 0 Å². The minimum absolute atomic E-state index is 0. The van der Waals surface area contributed by atoms with Crippen molar-refractivity contribution in [2.75, 3.05) is 4.90 Å². The first kappa shape index (κ1) is 18.8. The van der Waals surface area contributed by atoms with E-state index in [4.69, 9.17) is 0 Å². The molecular weight excluding hydrogens is 472 g/mol. The second-order valence-corrected chi connectivity index (χ2v) is 6.64. The Morgan fingerprint density at radius 2 is 1.62 bits per heavy atom. The molecule has 1 heterocycles. The van der Waals surface area contributed by atoms with Crippen molar-refractivity contribution < 1.29 is 20.1 Å². The Kier molecular flexibility index (Phi) is 6.26. The number of nitrogens with zero attached hydrogens (tertiary/aromatic N) is 2. The van der Waals surface area contributed by atoms with Gasteiger partial charge in [-0.2, -0.15) is 42.1 Å². The predicted octanol–water partition coefficient (Wildman–Crippen LogP) is 6.09. The third-order valence-electron chi connectivity index (χ3n) is 4.33. The standard InChI is InChI=1S/C21H24N2.Ir/c1-15(2)18-11-8-12-19(16(3)4)20(18)23-14-13-22-21(23)17-9-6-5-7-10-17;/h5-9,11-16,21H,1-4H3;/q-2;. The molecule has 0 N–H and O–H groups in total. The second-order valence-electron chi connectivity index (χ2n) is 6.64. The summed E-state index contributed by atoms with van der Waals surface area (Å²) in [5, 5.41) is 4.68. The van der Waals surface area contributed by atoms with Crippen LogP contribution in [0.1, 0.15) is 62.4 Å². The van der Waals surface area contributed by atoms with Crippen molar-refractivity contribution in [3.63, 3.8) is 0 Å².